The van der Waals surface area contributed by atoms with Crippen LogP contribution in [0.1, 0.15) is 11.1 Å². The second kappa shape index (κ2) is 5.95. The highest BCUT2D eigenvalue weighted by molar-refractivity contribution is 5.58. The molecule has 3 nitrogen and oxygen atoms in total. The van der Waals surface area contributed by atoms with E-state index in [1.165, 1.54) is 0 Å². The normalized spacial score (nSPS) is 10.8. The zero-order valence-corrected chi connectivity index (χ0v) is 11.5. The number of alkyl halides is 2. The van der Waals surface area contributed by atoms with Crippen LogP contribution in [0.3, 0.4) is 0 Å². The van der Waals surface area contributed by atoms with Crippen molar-refractivity contribution in [1.29, 1.82) is 0 Å². The second-order valence-electron chi connectivity index (χ2n) is 4.57. The van der Waals surface area contributed by atoms with Crippen LogP contribution in [-0.4, -0.2) is 6.61 Å². The molecule has 0 unspecified atom stereocenters. The van der Waals surface area contributed by atoms with Crippen molar-refractivity contribution < 1.29 is 22.6 Å². The van der Waals surface area contributed by atoms with Crippen LogP contribution in [0.25, 0.3) is 0 Å². The summed E-state index contributed by atoms with van der Waals surface area (Å²) in [5.41, 5.74) is 7.53. The number of anilines is 1. The number of aryl methyl sites for hydroxylation is 2. The van der Waals surface area contributed by atoms with Crippen molar-refractivity contribution in [2.75, 3.05) is 5.73 Å². The molecule has 2 aromatic carbocycles. The van der Waals surface area contributed by atoms with Crippen molar-refractivity contribution in [1.82, 2.24) is 0 Å². The lowest BCUT2D eigenvalue weighted by atomic mass is 10.1. The predicted octanol–water partition coefficient (Wildman–Crippen LogP) is 4.42. The van der Waals surface area contributed by atoms with Crippen molar-refractivity contribution in [3.8, 4) is 17.2 Å². The number of benzene rings is 2. The second-order valence-corrected chi connectivity index (χ2v) is 4.57. The summed E-state index contributed by atoms with van der Waals surface area (Å²) in [7, 11) is 0. The maximum atomic E-state index is 13.5. The van der Waals surface area contributed by atoms with Crippen molar-refractivity contribution in [2.24, 2.45) is 0 Å². The summed E-state index contributed by atoms with van der Waals surface area (Å²) in [5, 5.41) is 0. The number of nitrogen functional groups attached to an aromatic ring is 1. The molecule has 112 valence electrons. The Hall–Kier alpha value is -2.37. The van der Waals surface area contributed by atoms with E-state index >= 15 is 0 Å². The SMILES string of the molecule is Cc1ccc(Oc2cc(OC(F)F)c(F)cc2N)c(C)c1. The fourth-order valence-electron chi connectivity index (χ4n) is 1.86. The van der Waals surface area contributed by atoms with Crippen LogP contribution in [0.15, 0.2) is 30.3 Å². The molecule has 21 heavy (non-hydrogen) atoms. The molecule has 0 bridgehead atoms. The van der Waals surface area contributed by atoms with Crippen molar-refractivity contribution >= 4 is 5.69 Å². The van der Waals surface area contributed by atoms with Crippen molar-refractivity contribution in [2.45, 2.75) is 20.5 Å². The highest BCUT2D eigenvalue weighted by Gasteiger charge is 2.15. The summed E-state index contributed by atoms with van der Waals surface area (Å²) >= 11 is 0. The first-order valence-electron chi connectivity index (χ1n) is 6.15. The summed E-state index contributed by atoms with van der Waals surface area (Å²) < 4.78 is 47.5. The number of rotatable bonds is 4. The van der Waals surface area contributed by atoms with Crippen LogP contribution in [0.4, 0.5) is 18.9 Å². The summed E-state index contributed by atoms with van der Waals surface area (Å²) in [6, 6.07) is 7.35. The molecule has 0 aliphatic heterocycles. The third-order valence-electron chi connectivity index (χ3n) is 2.83. The highest BCUT2D eigenvalue weighted by Crippen LogP contribution is 2.35. The van der Waals surface area contributed by atoms with Gasteiger partial charge in [-0.3, -0.25) is 0 Å². The Kier molecular flexibility index (Phi) is 4.26. The van der Waals surface area contributed by atoms with Crippen LogP contribution in [-0.2, 0) is 0 Å². The van der Waals surface area contributed by atoms with Gasteiger partial charge in [-0.15, -0.1) is 0 Å². The maximum Gasteiger partial charge on any atom is 0.387 e. The van der Waals surface area contributed by atoms with Gasteiger partial charge in [-0.25, -0.2) is 4.39 Å². The monoisotopic (exact) mass is 297 g/mol. The molecule has 0 saturated carbocycles. The molecule has 0 aliphatic rings. The van der Waals surface area contributed by atoms with E-state index in [9.17, 15) is 13.2 Å². The van der Waals surface area contributed by atoms with E-state index in [-0.39, 0.29) is 11.4 Å². The maximum absolute atomic E-state index is 13.5. The molecule has 0 spiro atoms. The first kappa shape index (κ1) is 15.0. The summed E-state index contributed by atoms with van der Waals surface area (Å²) in [4.78, 5) is 0. The number of nitrogens with two attached hydrogens (primary N) is 1. The molecule has 2 rings (SSSR count). The van der Waals surface area contributed by atoms with Crippen LogP contribution in [0.5, 0.6) is 17.2 Å². The minimum atomic E-state index is -3.13. The Morgan fingerprint density at radius 1 is 1.00 bits per heavy atom. The van der Waals surface area contributed by atoms with Gasteiger partial charge in [-0.05, 0) is 25.5 Å². The Labute approximate surface area is 120 Å². The van der Waals surface area contributed by atoms with E-state index in [0.717, 1.165) is 23.3 Å². The van der Waals surface area contributed by atoms with E-state index in [1.54, 1.807) is 6.07 Å². The third kappa shape index (κ3) is 3.59. The molecule has 2 aromatic rings. The minimum absolute atomic E-state index is 0.00547. The molecule has 0 saturated heterocycles. The fraction of sp³-hybridized carbons (Fsp3) is 0.200. The van der Waals surface area contributed by atoms with Gasteiger partial charge in [0.25, 0.3) is 0 Å². The van der Waals surface area contributed by atoms with E-state index < -0.39 is 18.2 Å². The molecule has 2 N–H and O–H groups in total. The van der Waals surface area contributed by atoms with Crippen molar-refractivity contribution in [3.05, 3.63) is 47.3 Å². The summed E-state index contributed by atoms with van der Waals surface area (Å²) in [6.45, 7) is 0.632. The molecule has 0 amide bonds. The number of hydrogen-bond acceptors (Lipinski definition) is 3. The predicted molar refractivity (Wildman–Crippen MR) is 73.4 cm³/mol. The van der Waals surface area contributed by atoms with Gasteiger partial charge >= 0.3 is 6.61 Å². The average Bonchev–Trinajstić information content (AvgIpc) is 2.37. The molecule has 0 aromatic heterocycles. The van der Waals surface area contributed by atoms with Gasteiger partial charge in [0.2, 0.25) is 0 Å². The Bertz CT molecular complexity index is 660. The van der Waals surface area contributed by atoms with Crippen molar-refractivity contribution in [3.63, 3.8) is 0 Å². The third-order valence-corrected chi connectivity index (χ3v) is 2.83. The quantitative estimate of drug-likeness (QED) is 0.850. The Morgan fingerprint density at radius 3 is 2.33 bits per heavy atom. The van der Waals surface area contributed by atoms with E-state index in [1.807, 2.05) is 26.0 Å². The lowest BCUT2D eigenvalue weighted by Gasteiger charge is -2.13. The zero-order valence-electron chi connectivity index (χ0n) is 11.5. The minimum Gasteiger partial charge on any atom is -0.455 e. The van der Waals surface area contributed by atoms with Gasteiger partial charge in [0.1, 0.15) is 5.75 Å². The topological polar surface area (TPSA) is 44.5 Å². The van der Waals surface area contributed by atoms with Gasteiger partial charge in [0, 0.05) is 12.1 Å². The van der Waals surface area contributed by atoms with E-state index in [4.69, 9.17) is 10.5 Å². The van der Waals surface area contributed by atoms with Gasteiger partial charge in [-0.1, -0.05) is 17.7 Å². The largest absolute Gasteiger partial charge is 0.455 e. The molecule has 0 radical (unpaired) electrons. The Balaban J connectivity index is 2.34. The number of ether oxygens (including phenoxy) is 2. The summed E-state index contributed by atoms with van der Waals surface area (Å²) in [5.74, 6) is -1.03. The van der Waals surface area contributed by atoms with Crippen LogP contribution >= 0.6 is 0 Å². The van der Waals surface area contributed by atoms with E-state index in [0.29, 0.717) is 5.75 Å². The van der Waals surface area contributed by atoms with Gasteiger partial charge < -0.3 is 15.2 Å². The van der Waals surface area contributed by atoms with E-state index in [2.05, 4.69) is 4.74 Å². The molecule has 0 atom stereocenters. The van der Waals surface area contributed by atoms with Gasteiger partial charge in [0.15, 0.2) is 17.3 Å². The molecule has 0 aliphatic carbocycles. The lowest BCUT2D eigenvalue weighted by Crippen LogP contribution is -2.05. The summed E-state index contributed by atoms with van der Waals surface area (Å²) in [6.07, 6.45) is 0. The van der Waals surface area contributed by atoms with Gasteiger partial charge in [0.05, 0.1) is 5.69 Å². The standard InChI is InChI=1S/C15H14F3NO2/c1-8-3-4-12(9(2)5-8)20-14-7-13(21-15(17)18)10(16)6-11(14)19/h3-7,15H,19H2,1-2H3. The number of halogens is 3. The fourth-order valence-corrected chi connectivity index (χ4v) is 1.86. The van der Waals surface area contributed by atoms with Crippen LogP contribution in [0.2, 0.25) is 0 Å². The van der Waals surface area contributed by atoms with Crippen LogP contribution in [0, 0.1) is 19.7 Å². The number of hydrogen-bond donors (Lipinski definition) is 1. The van der Waals surface area contributed by atoms with Crippen LogP contribution < -0.4 is 15.2 Å². The van der Waals surface area contributed by atoms with Gasteiger partial charge in [-0.2, -0.15) is 8.78 Å². The average molecular weight is 297 g/mol. The smallest absolute Gasteiger partial charge is 0.387 e. The molecular weight excluding hydrogens is 283 g/mol. The molecular formula is C15H14F3NO2. The Morgan fingerprint density at radius 2 is 1.71 bits per heavy atom. The first-order chi connectivity index (χ1) is 9.86. The first-order valence-corrected chi connectivity index (χ1v) is 6.15. The molecule has 6 heteroatoms. The molecule has 0 fully saturated rings. The molecule has 0 heterocycles. The highest BCUT2D eigenvalue weighted by atomic mass is 19.3. The zero-order chi connectivity index (χ0) is 15.6. The lowest BCUT2D eigenvalue weighted by molar-refractivity contribution is -0.0522.